The summed E-state index contributed by atoms with van der Waals surface area (Å²) in [5.74, 6) is 0.183. The SMILES string of the molecule is O=C(c1ccc(CN2CCCc3ccccc32)cc1)N1CCCC1. The second kappa shape index (κ2) is 6.68. The molecule has 2 heterocycles. The number of rotatable bonds is 3. The van der Waals surface area contributed by atoms with Gasteiger partial charge in [0, 0.05) is 37.4 Å². The normalized spacial score (nSPS) is 17.0. The predicted molar refractivity (Wildman–Crippen MR) is 97.4 cm³/mol. The molecular formula is C21H24N2O. The summed E-state index contributed by atoms with van der Waals surface area (Å²) in [6.45, 7) is 3.83. The molecule has 2 aromatic carbocycles. The van der Waals surface area contributed by atoms with Crippen molar-refractivity contribution < 1.29 is 4.79 Å². The molecule has 3 heteroatoms. The predicted octanol–water partition coefficient (Wildman–Crippen LogP) is 3.88. The van der Waals surface area contributed by atoms with Crippen LogP contribution in [0.4, 0.5) is 5.69 Å². The fourth-order valence-electron chi connectivity index (χ4n) is 3.85. The van der Waals surface area contributed by atoms with Crippen LogP contribution in [0.25, 0.3) is 0 Å². The second-order valence-corrected chi connectivity index (χ2v) is 6.85. The zero-order chi connectivity index (χ0) is 16.4. The van der Waals surface area contributed by atoms with Crippen LogP contribution in [-0.2, 0) is 13.0 Å². The molecule has 0 atom stereocenters. The standard InChI is InChI=1S/C21H24N2O/c24-21(22-13-3-4-14-22)19-11-9-17(10-12-19)16-23-15-5-7-18-6-1-2-8-20(18)23/h1-2,6,8-12H,3-5,7,13-16H2. The summed E-state index contributed by atoms with van der Waals surface area (Å²) in [6.07, 6.45) is 4.66. The Labute approximate surface area is 143 Å². The number of carbonyl (C=O) groups excluding carboxylic acids is 1. The summed E-state index contributed by atoms with van der Waals surface area (Å²) in [6, 6.07) is 16.9. The first-order chi connectivity index (χ1) is 11.8. The largest absolute Gasteiger partial charge is 0.367 e. The number of anilines is 1. The molecule has 2 aromatic rings. The van der Waals surface area contributed by atoms with Gasteiger partial charge in [-0.25, -0.2) is 0 Å². The number of amides is 1. The van der Waals surface area contributed by atoms with Gasteiger partial charge in [0.25, 0.3) is 5.91 Å². The van der Waals surface area contributed by atoms with Crippen molar-refractivity contribution in [2.24, 2.45) is 0 Å². The van der Waals surface area contributed by atoms with E-state index in [-0.39, 0.29) is 5.91 Å². The topological polar surface area (TPSA) is 23.6 Å². The molecule has 1 saturated heterocycles. The van der Waals surface area contributed by atoms with Crippen molar-refractivity contribution in [1.29, 1.82) is 0 Å². The van der Waals surface area contributed by atoms with E-state index >= 15 is 0 Å². The van der Waals surface area contributed by atoms with E-state index in [4.69, 9.17) is 0 Å². The highest BCUT2D eigenvalue weighted by atomic mass is 16.2. The first-order valence-electron chi connectivity index (χ1n) is 9.02. The summed E-state index contributed by atoms with van der Waals surface area (Å²) < 4.78 is 0. The highest BCUT2D eigenvalue weighted by Crippen LogP contribution is 2.28. The third-order valence-electron chi connectivity index (χ3n) is 5.17. The third kappa shape index (κ3) is 3.03. The quantitative estimate of drug-likeness (QED) is 0.857. The Kier molecular flexibility index (Phi) is 4.24. The van der Waals surface area contributed by atoms with Crippen LogP contribution in [0.5, 0.6) is 0 Å². The summed E-state index contributed by atoms with van der Waals surface area (Å²) in [7, 11) is 0. The van der Waals surface area contributed by atoms with Crippen molar-refractivity contribution in [2.45, 2.75) is 32.2 Å². The number of benzene rings is 2. The number of likely N-dealkylation sites (tertiary alicyclic amines) is 1. The van der Waals surface area contributed by atoms with Crippen LogP contribution in [0.15, 0.2) is 48.5 Å². The van der Waals surface area contributed by atoms with Gasteiger partial charge in [-0.15, -0.1) is 0 Å². The Bertz CT molecular complexity index is 717. The minimum atomic E-state index is 0.183. The number of aryl methyl sites for hydroxylation is 1. The minimum absolute atomic E-state index is 0.183. The molecule has 2 aliphatic heterocycles. The molecule has 0 aromatic heterocycles. The highest BCUT2D eigenvalue weighted by Gasteiger charge is 2.20. The lowest BCUT2D eigenvalue weighted by molar-refractivity contribution is 0.0793. The van der Waals surface area contributed by atoms with Crippen molar-refractivity contribution in [3.8, 4) is 0 Å². The lowest BCUT2D eigenvalue weighted by atomic mass is 10.0. The van der Waals surface area contributed by atoms with E-state index in [0.29, 0.717) is 0 Å². The number of carbonyl (C=O) groups is 1. The van der Waals surface area contributed by atoms with Crippen LogP contribution >= 0.6 is 0 Å². The number of nitrogens with zero attached hydrogens (tertiary/aromatic N) is 2. The molecule has 124 valence electrons. The van der Waals surface area contributed by atoms with E-state index in [1.807, 2.05) is 17.0 Å². The fourth-order valence-corrected chi connectivity index (χ4v) is 3.85. The summed E-state index contributed by atoms with van der Waals surface area (Å²) >= 11 is 0. The zero-order valence-corrected chi connectivity index (χ0v) is 14.1. The Morgan fingerprint density at radius 2 is 1.62 bits per heavy atom. The number of fused-ring (bicyclic) bond motifs is 1. The van der Waals surface area contributed by atoms with Crippen molar-refractivity contribution in [1.82, 2.24) is 4.90 Å². The van der Waals surface area contributed by atoms with E-state index < -0.39 is 0 Å². The van der Waals surface area contributed by atoms with Crippen molar-refractivity contribution in [2.75, 3.05) is 24.5 Å². The van der Waals surface area contributed by atoms with Crippen LogP contribution in [0.3, 0.4) is 0 Å². The molecule has 0 unspecified atom stereocenters. The van der Waals surface area contributed by atoms with Crippen molar-refractivity contribution in [3.05, 3.63) is 65.2 Å². The van der Waals surface area contributed by atoms with Crippen molar-refractivity contribution in [3.63, 3.8) is 0 Å². The Hall–Kier alpha value is -2.29. The monoisotopic (exact) mass is 320 g/mol. The zero-order valence-electron chi connectivity index (χ0n) is 14.1. The Balaban J connectivity index is 1.47. The van der Waals surface area contributed by atoms with Gasteiger partial charge in [0.2, 0.25) is 0 Å². The van der Waals surface area contributed by atoms with E-state index in [1.165, 1.54) is 29.7 Å². The fraction of sp³-hybridized carbons (Fsp3) is 0.381. The minimum Gasteiger partial charge on any atom is -0.367 e. The van der Waals surface area contributed by atoms with Crippen LogP contribution in [0.2, 0.25) is 0 Å². The lowest BCUT2D eigenvalue weighted by Crippen LogP contribution is -2.29. The van der Waals surface area contributed by atoms with Gasteiger partial charge in [0.05, 0.1) is 0 Å². The van der Waals surface area contributed by atoms with Crippen LogP contribution in [0, 0.1) is 0 Å². The smallest absolute Gasteiger partial charge is 0.253 e. The van der Waals surface area contributed by atoms with E-state index in [1.54, 1.807) is 0 Å². The summed E-state index contributed by atoms with van der Waals surface area (Å²) in [4.78, 5) is 16.9. The molecule has 3 nitrogen and oxygen atoms in total. The van der Waals surface area contributed by atoms with Crippen LogP contribution < -0.4 is 4.90 Å². The molecule has 0 saturated carbocycles. The average molecular weight is 320 g/mol. The molecule has 1 fully saturated rings. The molecule has 0 radical (unpaired) electrons. The number of hydrogen-bond acceptors (Lipinski definition) is 2. The van der Waals surface area contributed by atoms with Gasteiger partial charge in [-0.3, -0.25) is 4.79 Å². The first kappa shape index (κ1) is 15.3. The van der Waals surface area contributed by atoms with Gasteiger partial charge in [-0.2, -0.15) is 0 Å². The molecule has 0 bridgehead atoms. The second-order valence-electron chi connectivity index (χ2n) is 6.85. The van der Waals surface area contributed by atoms with Gasteiger partial charge in [0.1, 0.15) is 0 Å². The maximum atomic E-state index is 12.4. The molecule has 0 spiro atoms. The first-order valence-corrected chi connectivity index (χ1v) is 9.02. The molecule has 0 N–H and O–H groups in total. The Morgan fingerprint density at radius 3 is 2.42 bits per heavy atom. The lowest BCUT2D eigenvalue weighted by Gasteiger charge is -2.31. The Morgan fingerprint density at radius 1 is 0.875 bits per heavy atom. The van der Waals surface area contributed by atoms with Crippen LogP contribution in [0.1, 0.15) is 40.7 Å². The molecule has 1 amide bonds. The molecular weight excluding hydrogens is 296 g/mol. The maximum Gasteiger partial charge on any atom is 0.253 e. The van der Waals surface area contributed by atoms with E-state index in [9.17, 15) is 4.79 Å². The van der Waals surface area contributed by atoms with Crippen LogP contribution in [-0.4, -0.2) is 30.4 Å². The molecule has 0 aliphatic carbocycles. The molecule has 2 aliphatic rings. The van der Waals surface area contributed by atoms with Gasteiger partial charge >= 0.3 is 0 Å². The van der Waals surface area contributed by atoms with Crippen molar-refractivity contribution >= 4 is 11.6 Å². The average Bonchev–Trinajstić information content (AvgIpc) is 3.17. The summed E-state index contributed by atoms with van der Waals surface area (Å²) in [5, 5.41) is 0. The number of hydrogen-bond donors (Lipinski definition) is 0. The third-order valence-corrected chi connectivity index (χ3v) is 5.17. The van der Waals surface area contributed by atoms with Gasteiger partial charge in [-0.1, -0.05) is 30.3 Å². The highest BCUT2D eigenvalue weighted by molar-refractivity contribution is 5.94. The summed E-state index contributed by atoms with van der Waals surface area (Å²) in [5.41, 5.74) is 4.90. The van der Waals surface area contributed by atoms with Gasteiger partial charge in [-0.05, 0) is 55.0 Å². The maximum absolute atomic E-state index is 12.4. The van der Waals surface area contributed by atoms with E-state index in [0.717, 1.165) is 44.6 Å². The molecule has 24 heavy (non-hydrogen) atoms. The van der Waals surface area contributed by atoms with Gasteiger partial charge in [0.15, 0.2) is 0 Å². The van der Waals surface area contributed by atoms with E-state index in [2.05, 4.69) is 41.3 Å². The van der Waals surface area contributed by atoms with Gasteiger partial charge < -0.3 is 9.80 Å². The number of para-hydroxylation sites is 1. The molecule has 4 rings (SSSR count).